The van der Waals surface area contributed by atoms with Crippen LogP contribution in [0.5, 0.6) is 0 Å². The monoisotopic (exact) mass is 276 g/mol. The summed E-state index contributed by atoms with van der Waals surface area (Å²) in [5.74, 6) is -0.0101. The predicted molar refractivity (Wildman–Crippen MR) is 76.9 cm³/mol. The zero-order valence-corrected chi connectivity index (χ0v) is 11.5. The Hall–Kier alpha value is -1.75. The van der Waals surface area contributed by atoms with E-state index in [-0.39, 0.29) is 11.5 Å². The second-order valence-corrected chi connectivity index (χ2v) is 5.30. The van der Waals surface area contributed by atoms with Crippen LogP contribution in [0.3, 0.4) is 0 Å². The largest absolute Gasteiger partial charge is 0.307 e. The van der Waals surface area contributed by atoms with Crippen LogP contribution in [0.4, 0.5) is 5.69 Å². The van der Waals surface area contributed by atoms with Gasteiger partial charge < -0.3 is 5.32 Å². The smallest absolute Gasteiger partial charge is 0.269 e. The van der Waals surface area contributed by atoms with Gasteiger partial charge in [-0.15, -0.1) is 0 Å². The number of nitro benzene ring substituents is 1. The molecular formula is C15H20N2O3. The first-order valence-electron chi connectivity index (χ1n) is 7.18. The third-order valence-electron chi connectivity index (χ3n) is 3.81. The van der Waals surface area contributed by atoms with Gasteiger partial charge in [-0.05, 0) is 25.0 Å². The van der Waals surface area contributed by atoms with Gasteiger partial charge in [0.1, 0.15) is 0 Å². The average Bonchev–Trinajstić information content (AvgIpc) is 2.73. The Balaban J connectivity index is 1.86. The molecule has 0 atom stereocenters. The number of Topliss-reactive ketones (excluding diaryl/α,β-unsaturated/α-hetero) is 1. The third-order valence-corrected chi connectivity index (χ3v) is 3.81. The van der Waals surface area contributed by atoms with E-state index in [9.17, 15) is 14.9 Å². The van der Waals surface area contributed by atoms with Gasteiger partial charge in [0.2, 0.25) is 0 Å². The molecule has 1 fully saturated rings. The van der Waals surface area contributed by atoms with Crippen molar-refractivity contribution in [3.05, 3.63) is 39.9 Å². The van der Waals surface area contributed by atoms with Gasteiger partial charge in [-0.25, -0.2) is 0 Å². The van der Waals surface area contributed by atoms with Crippen molar-refractivity contribution >= 4 is 11.5 Å². The molecule has 5 heteroatoms. The maximum absolute atomic E-state index is 12.0. The molecular weight excluding hydrogens is 256 g/mol. The fraction of sp³-hybridized carbons (Fsp3) is 0.533. The lowest BCUT2D eigenvalue weighted by molar-refractivity contribution is -0.384. The highest BCUT2D eigenvalue weighted by Gasteiger charge is 2.14. The van der Waals surface area contributed by atoms with Gasteiger partial charge >= 0.3 is 0 Å². The van der Waals surface area contributed by atoms with E-state index in [0.717, 1.165) is 12.8 Å². The summed E-state index contributed by atoms with van der Waals surface area (Å²) in [7, 11) is 0. The fourth-order valence-corrected chi connectivity index (χ4v) is 2.59. The molecule has 2 rings (SSSR count). The molecule has 0 saturated heterocycles. The summed E-state index contributed by atoms with van der Waals surface area (Å²) >= 11 is 0. The van der Waals surface area contributed by atoms with Crippen molar-refractivity contribution in [2.24, 2.45) is 0 Å². The fourth-order valence-electron chi connectivity index (χ4n) is 2.59. The van der Waals surface area contributed by atoms with Gasteiger partial charge in [-0.3, -0.25) is 14.9 Å². The van der Waals surface area contributed by atoms with Gasteiger partial charge in [0.25, 0.3) is 5.69 Å². The summed E-state index contributed by atoms with van der Waals surface area (Å²) in [5, 5.41) is 13.9. The van der Waals surface area contributed by atoms with Crippen molar-refractivity contribution < 1.29 is 9.72 Å². The zero-order chi connectivity index (χ0) is 14.4. The van der Waals surface area contributed by atoms with Crippen molar-refractivity contribution in [3.63, 3.8) is 0 Å². The van der Waals surface area contributed by atoms with Crippen LogP contribution in [-0.2, 0) is 0 Å². The molecule has 0 heterocycles. The van der Waals surface area contributed by atoms with Crippen LogP contribution in [0.2, 0.25) is 0 Å². The molecule has 20 heavy (non-hydrogen) atoms. The summed E-state index contributed by atoms with van der Waals surface area (Å²) in [6.07, 6.45) is 7.29. The number of nitrogens with zero attached hydrogens (tertiary/aromatic N) is 1. The second-order valence-electron chi connectivity index (χ2n) is 5.30. The van der Waals surface area contributed by atoms with Crippen molar-refractivity contribution in [3.8, 4) is 0 Å². The Kier molecular flexibility index (Phi) is 5.24. The molecule has 0 aromatic heterocycles. The Morgan fingerprint density at radius 2 is 1.75 bits per heavy atom. The summed E-state index contributed by atoms with van der Waals surface area (Å²) < 4.78 is 0. The second kappa shape index (κ2) is 7.14. The lowest BCUT2D eigenvalue weighted by atomic mass is 10.1. The number of hydrogen-bond donors (Lipinski definition) is 1. The molecule has 1 aromatic carbocycles. The van der Waals surface area contributed by atoms with Crippen LogP contribution < -0.4 is 5.32 Å². The number of carbonyl (C=O) groups is 1. The number of nitro groups is 1. The van der Waals surface area contributed by atoms with E-state index in [2.05, 4.69) is 5.32 Å². The summed E-state index contributed by atoms with van der Waals surface area (Å²) in [4.78, 5) is 22.1. The van der Waals surface area contributed by atoms with Gasteiger partial charge in [-0.2, -0.15) is 0 Å². The molecule has 0 spiro atoms. The zero-order valence-electron chi connectivity index (χ0n) is 11.5. The first kappa shape index (κ1) is 14.7. The molecule has 0 amide bonds. The maximum atomic E-state index is 12.0. The van der Waals surface area contributed by atoms with Crippen LogP contribution in [0.25, 0.3) is 0 Å². The Morgan fingerprint density at radius 3 is 2.30 bits per heavy atom. The summed E-state index contributed by atoms with van der Waals surface area (Å²) in [6, 6.07) is 6.22. The normalized spacial score (nSPS) is 16.6. The molecule has 108 valence electrons. The molecule has 0 radical (unpaired) electrons. The van der Waals surface area contributed by atoms with Gasteiger partial charge in [0.15, 0.2) is 5.78 Å². The predicted octanol–water partition coefficient (Wildman–Crippen LogP) is 3.09. The lowest BCUT2D eigenvalue weighted by Gasteiger charge is -2.15. The molecule has 1 aromatic rings. The Labute approximate surface area is 118 Å². The summed E-state index contributed by atoms with van der Waals surface area (Å²) in [6.45, 7) is 0.308. The van der Waals surface area contributed by atoms with Crippen molar-refractivity contribution in [2.45, 2.75) is 44.6 Å². The lowest BCUT2D eigenvalue weighted by Crippen LogP contribution is -2.33. The minimum Gasteiger partial charge on any atom is -0.307 e. The SMILES string of the molecule is O=C(CNC1CCCCCC1)c1ccc([N+](=O)[O-])cc1. The Morgan fingerprint density at radius 1 is 1.15 bits per heavy atom. The highest BCUT2D eigenvalue weighted by Crippen LogP contribution is 2.17. The molecule has 1 saturated carbocycles. The van der Waals surface area contributed by atoms with Gasteiger partial charge in [0.05, 0.1) is 11.5 Å². The number of nitrogens with one attached hydrogen (secondary N) is 1. The number of carbonyl (C=O) groups excluding carboxylic acids is 1. The van der Waals surface area contributed by atoms with E-state index in [0.29, 0.717) is 18.2 Å². The molecule has 1 N–H and O–H groups in total. The van der Waals surface area contributed by atoms with E-state index >= 15 is 0 Å². The first-order valence-corrected chi connectivity index (χ1v) is 7.18. The van der Waals surface area contributed by atoms with E-state index < -0.39 is 4.92 Å². The molecule has 0 aliphatic heterocycles. The van der Waals surface area contributed by atoms with Crippen molar-refractivity contribution in [1.82, 2.24) is 5.32 Å². The van der Waals surface area contributed by atoms with E-state index in [1.165, 1.54) is 49.9 Å². The van der Waals surface area contributed by atoms with Crippen LogP contribution >= 0.6 is 0 Å². The average molecular weight is 276 g/mol. The van der Waals surface area contributed by atoms with Gasteiger partial charge in [0, 0.05) is 23.7 Å². The van der Waals surface area contributed by atoms with Crippen LogP contribution in [0.15, 0.2) is 24.3 Å². The van der Waals surface area contributed by atoms with Crippen molar-refractivity contribution in [1.29, 1.82) is 0 Å². The first-order chi connectivity index (χ1) is 9.66. The minimum atomic E-state index is -0.460. The molecule has 0 bridgehead atoms. The summed E-state index contributed by atoms with van der Waals surface area (Å²) in [5.41, 5.74) is 0.537. The van der Waals surface area contributed by atoms with Crippen LogP contribution in [0.1, 0.15) is 48.9 Å². The highest BCUT2D eigenvalue weighted by atomic mass is 16.6. The van der Waals surface area contributed by atoms with E-state index in [1.807, 2.05) is 0 Å². The Bertz CT molecular complexity index is 463. The number of rotatable bonds is 5. The molecule has 5 nitrogen and oxygen atoms in total. The number of ketones is 1. The quantitative estimate of drug-likeness (QED) is 0.388. The van der Waals surface area contributed by atoms with E-state index in [1.54, 1.807) is 0 Å². The highest BCUT2D eigenvalue weighted by molar-refractivity contribution is 5.97. The third kappa shape index (κ3) is 4.13. The number of non-ortho nitro benzene ring substituents is 1. The topological polar surface area (TPSA) is 72.2 Å². The van der Waals surface area contributed by atoms with Crippen molar-refractivity contribution in [2.75, 3.05) is 6.54 Å². The van der Waals surface area contributed by atoms with E-state index in [4.69, 9.17) is 0 Å². The maximum Gasteiger partial charge on any atom is 0.269 e. The standard InChI is InChI=1S/C15H20N2O3/c18-15(11-16-13-5-3-1-2-4-6-13)12-7-9-14(10-8-12)17(19)20/h7-10,13,16H,1-6,11H2. The van der Waals surface area contributed by atoms with Crippen LogP contribution in [-0.4, -0.2) is 23.3 Å². The molecule has 1 aliphatic carbocycles. The van der Waals surface area contributed by atoms with Gasteiger partial charge in [-0.1, -0.05) is 25.7 Å². The molecule has 1 aliphatic rings. The molecule has 0 unspecified atom stereocenters. The van der Waals surface area contributed by atoms with Crippen LogP contribution in [0, 0.1) is 10.1 Å². The number of benzene rings is 1. The number of hydrogen-bond acceptors (Lipinski definition) is 4. The minimum absolute atomic E-state index is 0.0101.